The first-order valence-electron chi connectivity index (χ1n) is 6.39. The highest BCUT2D eigenvalue weighted by atomic mass is 35.5. The highest BCUT2D eigenvalue weighted by Crippen LogP contribution is 2.39. The molecule has 0 aromatic heterocycles. The van der Waals surface area contributed by atoms with Gasteiger partial charge in [0.25, 0.3) is 0 Å². The second-order valence-corrected chi connectivity index (χ2v) is 4.99. The third-order valence-corrected chi connectivity index (χ3v) is 3.51. The lowest BCUT2D eigenvalue weighted by Crippen LogP contribution is -2.01. The number of aliphatic carboxylic acids is 1. The first-order valence-corrected chi connectivity index (χ1v) is 6.76. The molecule has 1 aliphatic heterocycles. The van der Waals surface area contributed by atoms with Crippen LogP contribution in [0, 0.1) is 6.92 Å². The maximum atomic E-state index is 10.6. The van der Waals surface area contributed by atoms with Crippen molar-refractivity contribution < 1.29 is 19.4 Å². The smallest absolute Gasteiger partial charge is 0.303 e. The monoisotopic (exact) mass is 284 g/mol. The summed E-state index contributed by atoms with van der Waals surface area (Å²) in [6.07, 6.45) is 2.19. The molecule has 0 saturated heterocycles. The zero-order valence-corrected chi connectivity index (χ0v) is 11.6. The molecular weight excluding hydrogens is 268 g/mol. The van der Waals surface area contributed by atoms with Gasteiger partial charge in [-0.25, -0.2) is 0 Å². The molecule has 1 N–H and O–H groups in total. The van der Waals surface area contributed by atoms with Gasteiger partial charge < -0.3 is 14.6 Å². The highest BCUT2D eigenvalue weighted by molar-refractivity contribution is 6.31. The normalized spacial score (nSPS) is 14.0. The second kappa shape index (κ2) is 6.15. The Balaban J connectivity index is 2.23. The molecule has 1 aliphatic rings. The second-order valence-electron chi connectivity index (χ2n) is 4.59. The molecule has 1 aromatic rings. The third-order valence-electron chi connectivity index (χ3n) is 3.17. The van der Waals surface area contributed by atoms with Gasteiger partial charge in [-0.05, 0) is 30.9 Å². The van der Waals surface area contributed by atoms with Crippen molar-refractivity contribution in [2.45, 2.75) is 32.6 Å². The summed E-state index contributed by atoms with van der Waals surface area (Å²) in [5.41, 5.74) is 1.90. The van der Waals surface area contributed by atoms with Crippen molar-refractivity contribution in [1.82, 2.24) is 0 Å². The van der Waals surface area contributed by atoms with Crippen LogP contribution in [0.2, 0.25) is 5.02 Å². The number of rotatable bonds is 4. The minimum atomic E-state index is -0.789. The zero-order valence-electron chi connectivity index (χ0n) is 10.9. The van der Waals surface area contributed by atoms with Crippen molar-refractivity contribution >= 4 is 17.6 Å². The number of ether oxygens (including phenoxy) is 2. The highest BCUT2D eigenvalue weighted by Gasteiger charge is 2.18. The van der Waals surface area contributed by atoms with Gasteiger partial charge in [0.2, 0.25) is 0 Å². The van der Waals surface area contributed by atoms with E-state index in [1.807, 2.05) is 6.92 Å². The lowest BCUT2D eigenvalue weighted by Gasteiger charge is -2.15. The van der Waals surface area contributed by atoms with Crippen molar-refractivity contribution in [3.63, 3.8) is 0 Å². The number of hydrogen-bond acceptors (Lipinski definition) is 3. The molecule has 19 heavy (non-hydrogen) atoms. The molecule has 0 radical (unpaired) electrons. The maximum absolute atomic E-state index is 10.6. The van der Waals surface area contributed by atoms with E-state index in [0.29, 0.717) is 36.8 Å². The number of hydrogen-bond donors (Lipinski definition) is 1. The SMILES string of the molecule is Cc1c(CCCC(=O)O)c(Cl)cc2c1OCCCO2. The van der Waals surface area contributed by atoms with E-state index < -0.39 is 5.97 Å². The van der Waals surface area contributed by atoms with Gasteiger partial charge in [0.15, 0.2) is 11.5 Å². The van der Waals surface area contributed by atoms with E-state index in [1.165, 1.54) is 0 Å². The first-order chi connectivity index (χ1) is 9.09. The lowest BCUT2D eigenvalue weighted by atomic mass is 10.0. The van der Waals surface area contributed by atoms with E-state index in [4.69, 9.17) is 26.2 Å². The van der Waals surface area contributed by atoms with Crippen LogP contribution in [0.5, 0.6) is 11.5 Å². The number of carbonyl (C=O) groups is 1. The van der Waals surface area contributed by atoms with Gasteiger partial charge >= 0.3 is 5.97 Å². The summed E-state index contributed by atoms with van der Waals surface area (Å²) < 4.78 is 11.3. The molecule has 0 atom stereocenters. The Labute approximate surface area is 117 Å². The number of halogens is 1. The summed E-state index contributed by atoms with van der Waals surface area (Å²) in [5, 5.41) is 9.30. The van der Waals surface area contributed by atoms with Gasteiger partial charge in [0, 0.05) is 23.9 Å². The van der Waals surface area contributed by atoms with E-state index in [1.54, 1.807) is 6.07 Å². The Hall–Kier alpha value is -1.42. The molecular formula is C14H17ClO4. The Bertz CT molecular complexity index is 485. The number of carboxylic acids is 1. The largest absolute Gasteiger partial charge is 0.489 e. The van der Waals surface area contributed by atoms with Crippen molar-refractivity contribution in [1.29, 1.82) is 0 Å². The van der Waals surface area contributed by atoms with Crippen LogP contribution in [0.15, 0.2) is 6.07 Å². The molecule has 0 aliphatic carbocycles. The average Bonchev–Trinajstić information content (AvgIpc) is 2.58. The molecule has 4 nitrogen and oxygen atoms in total. The van der Waals surface area contributed by atoms with Crippen molar-refractivity contribution in [3.8, 4) is 11.5 Å². The number of fused-ring (bicyclic) bond motifs is 1. The van der Waals surface area contributed by atoms with Crippen molar-refractivity contribution in [2.24, 2.45) is 0 Å². The van der Waals surface area contributed by atoms with Crippen LogP contribution in [-0.4, -0.2) is 24.3 Å². The minimum Gasteiger partial charge on any atom is -0.489 e. The summed E-state index contributed by atoms with van der Waals surface area (Å²) in [5.74, 6) is 0.636. The molecule has 2 rings (SSSR count). The average molecular weight is 285 g/mol. The van der Waals surface area contributed by atoms with E-state index >= 15 is 0 Å². The standard InChI is InChI=1S/C14H17ClO4/c1-9-10(4-2-5-13(16)17)11(15)8-12-14(9)19-7-3-6-18-12/h8H,2-7H2,1H3,(H,16,17). The molecule has 1 aromatic carbocycles. The molecule has 0 bridgehead atoms. The molecule has 5 heteroatoms. The first kappa shape index (κ1) is 14.0. The van der Waals surface area contributed by atoms with Crippen LogP contribution >= 0.6 is 11.6 Å². The Morgan fingerprint density at radius 2 is 2.16 bits per heavy atom. The predicted octanol–water partition coefficient (Wildman–Crippen LogP) is 3.22. The van der Waals surface area contributed by atoms with E-state index in [9.17, 15) is 4.79 Å². The van der Waals surface area contributed by atoms with E-state index in [0.717, 1.165) is 23.3 Å². The van der Waals surface area contributed by atoms with Crippen LogP contribution in [-0.2, 0) is 11.2 Å². The molecule has 0 spiro atoms. The maximum Gasteiger partial charge on any atom is 0.303 e. The van der Waals surface area contributed by atoms with Gasteiger partial charge in [0.1, 0.15) is 0 Å². The fourth-order valence-corrected chi connectivity index (χ4v) is 2.53. The van der Waals surface area contributed by atoms with Gasteiger partial charge in [-0.3, -0.25) is 4.79 Å². The summed E-state index contributed by atoms with van der Waals surface area (Å²) in [6.45, 7) is 3.20. The van der Waals surface area contributed by atoms with Gasteiger partial charge in [-0.1, -0.05) is 11.6 Å². The molecule has 0 amide bonds. The molecule has 1 heterocycles. The quantitative estimate of drug-likeness (QED) is 0.922. The fraction of sp³-hybridized carbons (Fsp3) is 0.500. The topological polar surface area (TPSA) is 55.8 Å². The van der Waals surface area contributed by atoms with Crippen LogP contribution in [0.1, 0.15) is 30.4 Å². The third kappa shape index (κ3) is 3.32. The molecule has 0 saturated carbocycles. The van der Waals surface area contributed by atoms with Crippen LogP contribution in [0.4, 0.5) is 0 Å². The predicted molar refractivity (Wildman–Crippen MR) is 72.4 cm³/mol. The Morgan fingerprint density at radius 1 is 1.42 bits per heavy atom. The van der Waals surface area contributed by atoms with Gasteiger partial charge in [-0.15, -0.1) is 0 Å². The Kier molecular flexibility index (Phi) is 4.53. The zero-order chi connectivity index (χ0) is 13.8. The Morgan fingerprint density at radius 3 is 2.89 bits per heavy atom. The van der Waals surface area contributed by atoms with Crippen LogP contribution < -0.4 is 9.47 Å². The number of benzene rings is 1. The summed E-state index contributed by atoms with van der Waals surface area (Å²) in [7, 11) is 0. The molecule has 0 unspecified atom stereocenters. The van der Waals surface area contributed by atoms with E-state index in [2.05, 4.69) is 0 Å². The minimum absolute atomic E-state index is 0.143. The lowest BCUT2D eigenvalue weighted by molar-refractivity contribution is -0.137. The summed E-state index contributed by atoms with van der Waals surface area (Å²) in [6, 6.07) is 1.77. The molecule has 0 fully saturated rings. The van der Waals surface area contributed by atoms with Crippen molar-refractivity contribution in [2.75, 3.05) is 13.2 Å². The summed E-state index contributed by atoms with van der Waals surface area (Å²) >= 11 is 6.25. The van der Waals surface area contributed by atoms with Crippen LogP contribution in [0.25, 0.3) is 0 Å². The molecule has 104 valence electrons. The van der Waals surface area contributed by atoms with Crippen LogP contribution in [0.3, 0.4) is 0 Å². The number of carboxylic acid groups (broad SMARTS) is 1. The van der Waals surface area contributed by atoms with E-state index in [-0.39, 0.29) is 6.42 Å². The summed E-state index contributed by atoms with van der Waals surface area (Å²) in [4.78, 5) is 10.6. The van der Waals surface area contributed by atoms with Gasteiger partial charge in [0.05, 0.1) is 13.2 Å². The van der Waals surface area contributed by atoms with Gasteiger partial charge in [-0.2, -0.15) is 0 Å². The van der Waals surface area contributed by atoms with Crippen molar-refractivity contribution in [3.05, 3.63) is 22.2 Å². The fourth-order valence-electron chi connectivity index (χ4n) is 2.19.